The molecule has 1 radical (unpaired) electrons. The Bertz CT molecular complexity index is 1640. The van der Waals surface area contributed by atoms with Crippen LogP contribution in [-0.4, -0.2) is 15.0 Å². The van der Waals surface area contributed by atoms with E-state index in [1.165, 1.54) is 36.9 Å². The summed E-state index contributed by atoms with van der Waals surface area (Å²) in [5.74, 6) is 0. The predicted octanol–water partition coefficient (Wildman–Crippen LogP) is 8.09. The molecule has 0 aliphatic carbocycles. The average Bonchev–Trinajstić information content (AvgIpc) is 3.25. The molecule has 6 aromatic rings. The molecule has 0 fully saturated rings. The second-order valence-corrected chi connectivity index (χ2v) is 9.73. The van der Waals surface area contributed by atoms with E-state index in [1.807, 2.05) is 31.5 Å². The Balaban J connectivity index is 0.000000172. The summed E-state index contributed by atoms with van der Waals surface area (Å²) in [7, 11) is 0. The third-order valence-electron chi connectivity index (χ3n) is 6.07. The van der Waals surface area contributed by atoms with E-state index < -0.39 is 0 Å². The topological polar surface area (TPSA) is 38.7 Å². The number of hydrogen-bond donors (Lipinski definition) is 0. The maximum atomic E-state index is 4.60. The fraction of sp³-hybridized carbons (Fsp3) is 0.129. The van der Waals surface area contributed by atoms with Gasteiger partial charge in [0.25, 0.3) is 0 Å². The number of aromatic nitrogens is 3. The zero-order valence-electron chi connectivity index (χ0n) is 20.6. The minimum atomic E-state index is 0. The maximum Gasteiger partial charge on any atom is 0.0355 e. The van der Waals surface area contributed by atoms with Gasteiger partial charge in [-0.3, -0.25) is 0 Å². The Hall–Kier alpha value is -3.24. The fourth-order valence-corrected chi connectivity index (χ4v) is 5.00. The molecule has 0 N–H and O–H groups in total. The van der Waals surface area contributed by atoms with E-state index in [-0.39, 0.29) is 20.1 Å². The van der Waals surface area contributed by atoms with Crippen molar-refractivity contribution in [3.8, 4) is 22.5 Å². The van der Waals surface area contributed by atoms with Gasteiger partial charge in [-0.2, -0.15) is 0 Å². The first-order valence-corrected chi connectivity index (χ1v) is 12.3. The van der Waals surface area contributed by atoms with Crippen LogP contribution in [0.2, 0.25) is 0 Å². The van der Waals surface area contributed by atoms with Crippen LogP contribution in [0, 0.1) is 39.8 Å². The Morgan fingerprint density at radius 1 is 0.722 bits per heavy atom. The summed E-state index contributed by atoms with van der Waals surface area (Å²) >= 11 is 1.80. The van der Waals surface area contributed by atoms with Gasteiger partial charge >= 0.3 is 0 Å². The van der Waals surface area contributed by atoms with Gasteiger partial charge in [0.05, 0.1) is 0 Å². The van der Waals surface area contributed by atoms with Crippen LogP contribution in [0.4, 0.5) is 0 Å². The van der Waals surface area contributed by atoms with Crippen molar-refractivity contribution in [3.05, 3.63) is 114 Å². The molecule has 4 aromatic heterocycles. The smallest absolute Gasteiger partial charge is 0.0355 e. The van der Waals surface area contributed by atoms with Gasteiger partial charge in [0.15, 0.2) is 0 Å². The van der Waals surface area contributed by atoms with Crippen molar-refractivity contribution in [1.82, 2.24) is 15.0 Å². The van der Waals surface area contributed by atoms with Gasteiger partial charge < -0.3 is 15.0 Å². The van der Waals surface area contributed by atoms with Crippen LogP contribution in [-0.2, 0) is 20.1 Å². The number of benzene rings is 2. The summed E-state index contributed by atoms with van der Waals surface area (Å²) in [6.45, 7) is 8.23. The molecule has 181 valence electrons. The minimum absolute atomic E-state index is 0. The molecule has 0 aliphatic rings. The Kier molecular flexibility index (Phi) is 8.05. The quantitative estimate of drug-likeness (QED) is 0.176. The van der Waals surface area contributed by atoms with Crippen LogP contribution in [0.5, 0.6) is 0 Å². The second kappa shape index (κ2) is 11.2. The third kappa shape index (κ3) is 5.44. The van der Waals surface area contributed by atoms with Crippen molar-refractivity contribution >= 4 is 31.5 Å². The average molecular weight is 664 g/mol. The number of nitrogens with zero attached hydrogens (tertiary/aromatic N) is 3. The van der Waals surface area contributed by atoms with E-state index in [0.717, 1.165) is 28.2 Å². The molecule has 0 saturated heterocycles. The minimum Gasteiger partial charge on any atom is -0.357 e. The molecule has 0 saturated carbocycles. The zero-order valence-corrected chi connectivity index (χ0v) is 23.8. The van der Waals surface area contributed by atoms with Crippen molar-refractivity contribution in [2.45, 2.75) is 27.7 Å². The molecule has 4 heterocycles. The normalized spacial score (nSPS) is 10.6. The second-order valence-electron chi connectivity index (χ2n) is 8.65. The largest absolute Gasteiger partial charge is 0.357 e. The molecule has 0 bridgehead atoms. The van der Waals surface area contributed by atoms with Gasteiger partial charge in [-0.15, -0.1) is 64.4 Å². The van der Waals surface area contributed by atoms with Crippen LogP contribution in [0.25, 0.3) is 42.7 Å². The molecule has 5 heteroatoms. The van der Waals surface area contributed by atoms with Crippen molar-refractivity contribution < 1.29 is 20.1 Å². The number of pyridine rings is 3. The van der Waals surface area contributed by atoms with Gasteiger partial charge in [-0.25, -0.2) is 0 Å². The van der Waals surface area contributed by atoms with E-state index in [1.54, 1.807) is 17.5 Å². The summed E-state index contributed by atoms with van der Waals surface area (Å²) in [6, 6.07) is 27.1. The molecule has 0 atom stereocenters. The molecule has 3 nitrogen and oxygen atoms in total. The standard InChI is InChI=1S/C17H11N2S.C14H14N.Ir/c1-11-12(6-4-8-18-11)15-9-17-14(10-19-15)13-5-2-3-7-16(13)20-17;1-10-4-6-13(7-5-10)14-8-11(2)12(3)9-15-14;/h2-5,7-10H,1H3;4-6,8-9H,1-3H3;/q2*-1;. The van der Waals surface area contributed by atoms with Crippen molar-refractivity contribution in [2.75, 3.05) is 0 Å². The molecule has 0 spiro atoms. The first kappa shape index (κ1) is 25.8. The van der Waals surface area contributed by atoms with Crippen LogP contribution in [0.15, 0.2) is 79.3 Å². The summed E-state index contributed by atoms with van der Waals surface area (Å²) in [5, 5.41) is 2.49. The van der Waals surface area contributed by atoms with Crippen molar-refractivity contribution in [3.63, 3.8) is 0 Å². The van der Waals surface area contributed by atoms with Crippen molar-refractivity contribution in [2.24, 2.45) is 0 Å². The molecule has 0 amide bonds. The maximum absolute atomic E-state index is 4.60. The van der Waals surface area contributed by atoms with E-state index in [2.05, 4.69) is 96.4 Å². The van der Waals surface area contributed by atoms with Crippen LogP contribution in [0.3, 0.4) is 0 Å². The van der Waals surface area contributed by atoms with E-state index >= 15 is 0 Å². The molecular weight excluding hydrogens is 639 g/mol. The number of fused-ring (bicyclic) bond motifs is 3. The van der Waals surface area contributed by atoms with Gasteiger partial charge in [0.2, 0.25) is 0 Å². The number of hydrogen-bond acceptors (Lipinski definition) is 4. The Morgan fingerprint density at radius 3 is 2.28 bits per heavy atom. The van der Waals surface area contributed by atoms with Gasteiger partial charge in [0.1, 0.15) is 0 Å². The summed E-state index contributed by atoms with van der Waals surface area (Å²) in [5.41, 5.74) is 8.66. The summed E-state index contributed by atoms with van der Waals surface area (Å²) in [6.07, 6.45) is 5.64. The van der Waals surface area contributed by atoms with Crippen molar-refractivity contribution in [1.29, 1.82) is 0 Å². The summed E-state index contributed by atoms with van der Waals surface area (Å²) in [4.78, 5) is 13.3. The summed E-state index contributed by atoms with van der Waals surface area (Å²) < 4.78 is 2.56. The Morgan fingerprint density at radius 2 is 1.53 bits per heavy atom. The number of aryl methyl sites for hydroxylation is 4. The molecule has 6 rings (SSSR count). The predicted molar refractivity (Wildman–Crippen MR) is 147 cm³/mol. The third-order valence-corrected chi connectivity index (χ3v) is 7.20. The first-order chi connectivity index (χ1) is 17.0. The van der Waals surface area contributed by atoms with Gasteiger partial charge in [-0.1, -0.05) is 55.9 Å². The Labute approximate surface area is 229 Å². The number of thiophene rings is 1. The molecule has 36 heavy (non-hydrogen) atoms. The molecule has 2 aromatic carbocycles. The SMILES string of the molecule is Cc1c[c-]c(-c2cc(C)c(C)cn2)cc1.Cc1ncc[c-]c1-c1cc2sc3ccccc3c2cn1.[Ir]. The molecular formula is C31H25IrN3S-2. The molecule has 0 unspecified atom stereocenters. The number of rotatable bonds is 2. The zero-order chi connectivity index (χ0) is 24.4. The molecule has 0 aliphatic heterocycles. The monoisotopic (exact) mass is 664 g/mol. The first-order valence-electron chi connectivity index (χ1n) is 11.5. The van der Waals surface area contributed by atoms with E-state index in [0.29, 0.717) is 0 Å². The van der Waals surface area contributed by atoms with Gasteiger partial charge in [-0.05, 0) is 42.6 Å². The van der Waals surface area contributed by atoms with Crippen LogP contribution in [0.1, 0.15) is 22.4 Å². The fourth-order valence-electron chi connectivity index (χ4n) is 3.89. The van der Waals surface area contributed by atoms with E-state index in [4.69, 9.17) is 0 Å². The van der Waals surface area contributed by atoms with Crippen LogP contribution >= 0.6 is 11.3 Å². The van der Waals surface area contributed by atoms with E-state index in [9.17, 15) is 0 Å². The van der Waals surface area contributed by atoms with Crippen LogP contribution < -0.4 is 0 Å². The van der Waals surface area contributed by atoms with Gasteiger partial charge in [0, 0.05) is 52.7 Å².